The van der Waals surface area contributed by atoms with Crippen molar-refractivity contribution in [2.24, 2.45) is 0 Å². The molecule has 1 aromatic heterocycles. The normalized spacial score (nSPS) is 11.7. The number of aromatic amines is 1. The van der Waals surface area contributed by atoms with Crippen LogP contribution in [0.15, 0.2) is 12.5 Å². The Labute approximate surface area is 75.8 Å². The molecule has 0 aliphatic carbocycles. The number of aromatic nitrogens is 2. The summed E-state index contributed by atoms with van der Waals surface area (Å²) in [6.45, 7) is 1.83. The summed E-state index contributed by atoms with van der Waals surface area (Å²) in [6, 6.07) is 1.54. The first kappa shape index (κ1) is 9.26. The SMILES string of the molecule is CCC(C#N)NC(=O)c1cnc[nH]1. The smallest absolute Gasteiger partial charge is 0.270 e. The highest BCUT2D eigenvalue weighted by molar-refractivity contribution is 5.92. The largest absolute Gasteiger partial charge is 0.341 e. The molecular formula is C8H10N4O. The molecule has 5 heteroatoms. The Hall–Kier alpha value is -1.83. The average Bonchev–Trinajstić information content (AvgIpc) is 2.66. The van der Waals surface area contributed by atoms with Crippen molar-refractivity contribution in [2.75, 3.05) is 0 Å². The number of carbonyl (C=O) groups is 1. The first-order valence-corrected chi connectivity index (χ1v) is 3.96. The second kappa shape index (κ2) is 4.26. The summed E-state index contributed by atoms with van der Waals surface area (Å²) in [6.07, 6.45) is 3.43. The molecule has 1 atom stereocenters. The third-order valence-corrected chi connectivity index (χ3v) is 1.61. The molecule has 0 aromatic carbocycles. The van der Waals surface area contributed by atoms with Crippen molar-refractivity contribution < 1.29 is 4.79 Å². The van der Waals surface area contributed by atoms with Gasteiger partial charge in [0.25, 0.3) is 5.91 Å². The Balaban J connectivity index is 2.57. The predicted molar refractivity (Wildman–Crippen MR) is 45.7 cm³/mol. The molecule has 2 N–H and O–H groups in total. The second-order valence-corrected chi connectivity index (χ2v) is 2.53. The number of nitrogens with one attached hydrogen (secondary N) is 2. The lowest BCUT2D eigenvalue weighted by atomic mass is 10.2. The summed E-state index contributed by atoms with van der Waals surface area (Å²) in [5.41, 5.74) is 0.369. The van der Waals surface area contributed by atoms with E-state index < -0.39 is 6.04 Å². The van der Waals surface area contributed by atoms with Gasteiger partial charge in [-0.05, 0) is 6.42 Å². The molecule has 68 valence electrons. The molecule has 13 heavy (non-hydrogen) atoms. The summed E-state index contributed by atoms with van der Waals surface area (Å²) in [7, 11) is 0. The van der Waals surface area contributed by atoms with Crippen LogP contribution in [0.4, 0.5) is 0 Å². The lowest BCUT2D eigenvalue weighted by molar-refractivity contribution is 0.0940. The van der Waals surface area contributed by atoms with E-state index in [1.54, 1.807) is 0 Å². The van der Waals surface area contributed by atoms with Gasteiger partial charge in [-0.15, -0.1) is 0 Å². The molecule has 0 bridgehead atoms. The van der Waals surface area contributed by atoms with Gasteiger partial charge >= 0.3 is 0 Å². The fourth-order valence-corrected chi connectivity index (χ4v) is 0.842. The predicted octanol–water partition coefficient (Wildman–Crippen LogP) is 0.442. The van der Waals surface area contributed by atoms with E-state index in [-0.39, 0.29) is 5.91 Å². The number of carbonyl (C=O) groups excluding carboxylic acids is 1. The first-order valence-electron chi connectivity index (χ1n) is 3.96. The van der Waals surface area contributed by atoms with Gasteiger partial charge in [0.2, 0.25) is 0 Å². The quantitative estimate of drug-likeness (QED) is 0.704. The van der Waals surface area contributed by atoms with Gasteiger partial charge in [0.05, 0.1) is 18.6 Å². The van der Waals surface area contributed by atoms with Gasteiger partial charge in [-0.25, -0.2) is 4.98 Å². The van der Waals surface area contributed by atoms with E-state index in [0.29, 0.717) is 12.1 Å². The van der Waals surface area contributed by atoms with E-state index in [4.69, 9.17) is 5.26 Å². The standard InChI is InChI=1S/C8H10N4O/c1-2-6(3-9)12-8(13)7-4-10-5-11-7/h4-6H,2H2,1H3,(H,10,11)(H,12,13). The lowest BCUT2D eigenvalue weighted by Crippen LogP contribution is -2.33. The minimum atomic E-state index is -0.434. The molecule has 0 fully saturated rings. The lowest BCUT2D eigenvalue weighted by Gasteiger charge is -2.06. The number of H-pyrrole nitrogens is 1. The van der Waals surface area contributed by atoms with Crippen LogP contribution in [0.2, 0.25) is 0 Å². The molecule has 0 radical (unpaired) electrons. The zero-order valence-electron chi connectivity index (χ0n) is 7.24. The van der Waals surface area contributed by atoms with Gasteiger partial charge in [0.15, 0.2) is 0 Å². The number of rotatable bonds is 3. The van der Waals surface area contributed by atoms with E-state index in [9.17, 15) is 4.79 Å². The Kier molecular flexibility index (Phi) is 3.03. The Morgan fingerprint density at radius 3 is 3.15 bits per heavy atom. The van der Waals surface area contributed by atoms with Crippen LogP contribution in [0.25, 0.3) is 0 Å². The maximum atomic E-state index is 11.3. The Bertz CT molecular complexity index is 311. The van der Waals surface area contributed by atoms with Gasteiger partial charge in [-0.1, -0.05) is 6.92 Å². The number of amides is 1. The van der Waals surface area contributed by atoms with Crippen molar-refractivity contribution >= 4 is 5.91 Å². The van der Waals surface area contributed by atoms with Gasteiger partial charge in [0, 0.05) is 0 Å². The van der Waals surface area contributed by atoms with Crippen LogP contribution in [0.3, 0.4) is 0 Å². The van der Waals surface area contributed by atoms with Crippen LogP contribution in [-0.2, 0) is 0 Å². The van der Waals surface area contributed by atoms with Gasteiger partial charge in [-0.3, -0.25) is 4.79 Å². The molecule has 0 aliphatic heterocycles. The van der Waals surface area contributed by atoms with Crippen LogP contribution in [0, 0.1) is 11.3 Å². The maximum Gasteiger partial charge on any atom is 0.270 e. The molecule has 1 aromatic rings. The van der Waals surface area contributed by atoms with Gasteiger partial charge < -0.3 is 10.3 Å². The molecular weight excluding hydrogens is 168 g/mol. The van der Waals surface area contributed by atoms with Gasteiger partial charge in [-0.2, -0.15) is 5.26 Å². The van der Waals surface area contributed by atoms with Crippen molar-refractivity contribution in [2.45, 2.75) is 19.4 Å². The zero-order chi connectivity index (χ0) is 9.68. The number of hydrogen-bond donors (Lipinski definition) is 2. The van der Waals surface area contributed by atoms with Crippen LogP contribution in [-0.4, -0.2) is 21.9 Å². The summed E-state index contributed by atoms with van der Waals surface area (Å²) >= 11 is 0. The minimum absolute atomic E-state index is 0.300. The molecule has 1 rings (SSSR count). The highest BCUT2D eigenvalue weighted by Crippen LogP contribution is 1.94. The summed E-state index contributed by atoms with van der Waals surface area (Å²) in [5, 5.41) is 11.1. The summed E-state index contributed by atoms with van der Waals surface area (Å²) < 4.78 is 0. The number of imidazole rings is 1. The van der Waals surface area contributed by atoms with E-state index in [1.165, 1.54) is 12.5 Å². The minimum Gasteiger partial charge on any atom is -0.341 e. The van der Waals surface area contributed by atoms with Crippen LogP contribution in [0.1, 0.15) is 23.8 Å². The zero-order valence-corrected chi connectivity index (χ0v) is 7.24. The van der Waals surface area contributed by atoms with Crippen molar-refractivity contribution in [1.82, 2.24) is 15.3 Å². The Morgan fingerprint density at radius 2 is 2.69 bits per heavy atom. The van der Waals surface area contributed by atoms with Crippen molar-refractivity contribution in [3.05, 3.63) is 18.2 Å². The highest BCUT2D eigenvalue weighted by Gasteiger charge is 2.11. The summed E-state index contributed by atoms with van der Waals surface area (Å²) in [5.74, 6) is -0.300. The fraction of sp³-hybridized carbons (Fsp3) is 0.375. The molecule has 1 unspecified atom stereocenters. The molecule has 1 heterocycles. The van der Waals surface area contributed by atoms with Crippen LogP contribution < -0.4 is 5.32 Å². The molecule has 0 aliphatic rings. The summed E-state index contributed by atoms with van der Waals surface area (Å²) in [4.78, 5) is 17.7. The van der Waals surface area contributed by atoms with Crippen LogP contribution in [0.5, 0.6) is 0 Å². The van der Waals surface area contributed by atoms with E-state index in [2.05, 4.69) is 15.3 Å². The van der Waals surface area contributed by atoms with Crippen molar-refractivity contribution in [1.29, 1.82) is 5.26 Å². The number of nitrogens with zero attached hydrogens (tertiary/aromatic N) is 2. The maximum absolute atomic E-state index is 11.3. The molecule has 5 nitrogen and oxygen atoms in total. The number of nitriles is 1. The Morgan fingerprint density at radius 1 is 1.92 bits per heavy atom. The molecule has 0 spiro atoms. The second-order valence-electron chi connectivity index (χ2n) is 2.53. The van der Waals surface area contributed by atoms with E-state index in [0.717, 1.165) is 0 Å². The molecule has 0 saturated heterocycles. The van der Waals surface area contributed by atoms with E-state index >= 15 is 0 Å². The van der Waals surface area contributed by atoms with Crippen molar-refractivity contribution in [3.8, 4) is 6.07 Å². The van der Waals surface area contributed by atoms with Crippen LogP contribution >= 0.6 is 0 Å². The molecule has 0 saturated carbocycles. The average molecular weight is 178 g/mol. The highest BCUT2D eigenvalue weighted by atomic mass is 16.1. The van der Waals surface area contributed by atoms with Crippen molar-refractivity contribution in [3.63, 3.8) is 0 Å². The number of hydrogen-bond acceptors (Lipinski definition) is 3. The third-order valence-electron chi connectivity index (χ3n) is 1.61. The molecule has 1 amide bonds. The first-order chi connectivity index (χ1) is 6.27. The third kappa shape index (κ3) is 2.30. The van der Waals surface area contributed by atoms with E-state index in [1.807, 2.05) is 13.0 Å². The van der Waals surface area contributed by atoms with Gasteiger partial charge in [0.1, 0.15) is 11.7 Å². The fourth-order valence-electron chi connectivity index (χ4n) is 0.842. The monoisotopic (exact) mass is 178 g/mol. The topological polar surface area (TPSA) is 81.6 Å².